The van der Waals surface area contributed by atoms with Crippen LogP contribution >= 0.6 is 0 Å². The molecule has 0 radical (unpaired) electrons. The Hall–Kier alpha value is -1.28. The molecule has 0 saturated carbocycles. The van der Waals surface area contributed by atoms with E-state index in [4.69, 9.17) is 4.74 Å². The second-order valence-electron chi connectivity index (χ2n) is 4.87. The molecule has 0 bridgehead atoms. The van der Waals surface area contributed by atoms with E-state index in [0.29, 0.717) is 6.04 Å². The molecule has 1 atom stereocenters. The van der Waals surface area contributed by atoms with Crippen LogP contribution in [0.4, 0.5) is 0 Å². The molecule has 1 aromatic rings. The van der Waals surface area contributed by atoms with Crippen molar-refractivity contribution < 1.29 is 4.74 Å². The highest BCUT2D eigenvalue weighted by molar-refractivity contribution is 5.29. The van der Waals surface area contributed by atoms with Crippen molar-refractivity contribution in [2.45, 2.75) is 39.2 Å². The van der Waals surface area contributed by atoms with E-state index in [1.54, 1.807) is 7.11 Å². The lowest BCUT2D eigenvalue weighted by molar-refractivity contribution is 0.413. The Morgan fingerprint density at radius 1 is 1.44 bits per heavy atom. The van der Waals surface area contributed by atoms with Crippen LogP contribution in [0.2, 0.25) is 0 Å². The molecule has 1 aromatic carbocycles. The number of rotatable bonds is 8. The second-order valence-corrected chi connectivity index (χ2v) is 4.87. The fraction of sp³-hybridized carbons (Fsp3) is 0.500. The summed E-state index contributed by atoms with van der Waals surface area (Å²) in [6, 6.07) is 8.76. The maximum Gasteiger partial charge on any atom is 0.119 e. The zero-order chi connectivity index (χ0) is 13.4. The lowest BCUT2D eigenvalue weighted by atomic mass is 10.00. The number of hydrogen-bond acceptors (Lipinski definition) is 2. The third kappa shape index (κ3) is 5.37. The van der Waals surface area contributed by atoms with Gasteiger partial charge in [-0.2, -0.15) is 0 Å². The van der Waals surface area contributed by atoms with Crippen LogP contribution in [-0.2, 0) is 6.42 Å². The second kappa shape index (κ2) is 7.93. The zero-order valence-electron chi connectivity index (χ0n) is 11.8. The third-order valence-electron chi connectivity index (χ3n) is 2.89. The Morgan fingerprint density at radius 2 is 2.22 bits per heavy atom. The summed E-state index contributed by atoms with van der Waals surface area (Å²) in [6.45, 7) is 9.35. The van der Waals surface area contributed by atoms with Crippen molar-refractivity contribution in [1.82, 2.24) is 5.32 Å². The maximum atomic E-state index is 5.26. The highest BCUT2D eigenvalue weighted by atomic mass is 16.5. The number of methoxy groups -OCH3 is 1. The van der Waals surface area contributed by atoms with Gasteiger partial charge < -0.3 is 10.1 Å². The summed E-state index contributed by atoms with van der Waals surface area (Å²) in [7, 11) is 1.71. The molecule has 0 saturated heterocycles. The van der Waals surface area contributed by atoms with Crippen LogP contribution in [0.1, 0.15) is 32.3 Å². The van der Waals surface area contributed by atoms with Crippen LogP contribution in [0, 0.1) is 0 Å². The van der Waals surface area contributed by atoms with Crippen LogP contribution in [0.15, 0.2) is 36.4 Å². The van der Waals surface area contributed by atoms with Crippen molar-refractivity contribution in [3.05, 3.63) is 42.0 Å². The topological polar surface area (TPSA) is 21.3 Å². The molecular weight excluding hydrogens is 222 g/mol. The Morgan fingerprint density at radius 3 is 2.83 bits per heavy atom. The van der Waals surface area contributed by atoms with Crippen LogP contribution < -0.4 is 10.1 Å². The average Bonchev–Trinajstić information content (AvgIpc) is 2.35. The molecule has 0 amide bonds. The summed E-state index contributed by atoms with van der Waals surface area (Å²) in [6.07, 6.45) is 3.20. The average molecular weight is 247 g/mol. The molecule has 1 N–H and O–H groups in total. The van der Waals surface area contributed by atoms with Crippen LogP contribution in [0.5, 0.6) is 5.75 Å². The molecular formula is C16H25NO. The molecule has 0 fully saturated rings. The molecule has 1 rings (SSSR count). The minimum Gasteiger partial charge on any atom is -0.497 e. The van der Waals surface area contributed by atoms with E-state index in [-0.39, 0.29) is 0 Å². The summed E-state index contributed by atoms with van der Waals surface area (Å²) in [5.74, 6) is 0.928. The molecule has 0 aromatic heterocycles. The molecule has 0 aliphatic rings. The normalized spacial score (nSPS) is 12.2. The molecule has 1 unspecified atom stereocenters. The molecule has 0 heterocycles. The fourth-order valence-corrected chi connectivity index (χ4v) is 2.07. The highest BCUT2D eigenvalue weighted by Gasteiger charge is 2.09. The summed E-state index contributed by atoms with van der Waals surface area (Å²) >= 11 is 0. The summed E-state index contributed by atoms with van der Waals surface area (Å²) in [5.41, 5.74) is 2.54. The van der Waals surface area contributed by atoms with E-state index in [2.05, 4.69) is 37.9 Å². The first-order chi connectivity index (χ1) is 8.65. The van der Waals surface area contributed by atoms with Gasteiger partial charge in [0.25, 0.3) is 0 Å². The van der Waals surface area contributed by atoms with Gasteiger partial charge in [0.1, 0.15) is 5.75 Å². The standard InChI is InChI=1S/C16H25NO/c1-5-9-17-15(10-13(2)3)11-14-7-6-8-16(12-14)18-4/h6-8,12,15,17H,2,5,9-11H2,1,3-4H3. The van der Waals surface area contributed by atoms with Gasteiger partial charge in [0.15, 0.2) is 0 Å². The van der Waals surface area contributed by atoms with Crippen molar-refractivity contribution in [3.63, 3.8) is 0 Å². The highest BCUT2D eigenvalue weighted by Crippen LogP contribution is 2.16. The number of ether oxygens (including phenoxy) is 1. The molecule has 0 aliphatic heterocycles. The molecule has 2 nitrogen and oxygen atoms in total. The van der Waals surface area contributed by atoms with Crippen molar-refractivity contribution in [2.75, 3.05) is 13.7 Å². The summed E-state index contributed by atoms with van der Waals surface area (Å²) < 4.78 is 5.26. The van der Waals surface area contributed by atoms with E-state index in [1.165, 1.54) is 11.1 Å². The maximum absolute atomic E-state index is 5.26. The lowest BCUT2D eigenvalue weighted by Gasteiger charge is -2.19. The fourth-order valence-electron chi connectivity index (χ4n) is 2.07. The molecule has 0 spiro atoms. The zero-order valence-corrected chi connectivity index (χ0v) is 11.8. The first-order valence-electron chi connectivity index (χ1n) is 6.66. The Balaban J connectivity index is 2.65. The van der Waals surface area contributed by atoms with Gasteiger partial charge in [0.05, 0.1) is 7.11 Å². The number of benzene rings is 1. The van der Waals surface area contributed by atoms with Crippen molar-refractivity contribution in [3.8, 4) is 5.75 Å². The summed E-state index contributed by atoms with van der Waals surface area (Å²) in [5, 5.41) is 3.59. The Labute approximate surface area is 111 Å². The Kier molecular flexibility index (Phi) is 6.51. The quantitative estimate of drug-likeness (QED) is 0.709. The molecule has 100 valence electrons. The molecule has 18 heavy (non-hydrogen) atoms. The van der Waals surface area contributed by atoms with Gasteiger partial charge >= 0.3 is 0 Å². The van der Waals surface area contributed by atoms with E-state index in [1.807, 2.05) is 12.1 Å². The van der Waals surface area contributed by atoms with Crippen molar-refractivity contribution in [2.24, 2.45) is 0 Å². The number of hydrogen-bond donors (Lipinski definition) is 1. The molecule has 0 aliphatic carbocycles. The van der Waals surface area contributed by atoms with Crippen LogP contribution in [-0.4, -0.2) is 19.7 Å². The predicted molar refractivity (Wildman–Crippen MR) is 78.2 cm³/mol. The van der Waals surface area contributed by atoms with Gasteiger partial charge in [-0.05, 0) is 50.4 Å². The smallest absolute Gasteiger partial charge is 0.119 e. The van der Waals surface area contributed by atoms with Crippen molar-refractivity contribution >= 4 is 0 Å². The van der Waals surface area contributed by atoms with E-state index >= 15 is 0 Å². The van der Waals surface area contributed by atoms with Crippen molar-refractivity contribution in [1.29, 1.82) is 0 Å². The summed E-state index contributed by atoms with van der Waals surface area (Å²) in [4.78, 5) is 0. The predicted octanol–water partition coefficient (Wildman–Crippen LogP) is 3.57. The van der Waals surface area contributed by atoms with Gasteiger partial charge in [-0.1, -0.05) is 24.6 Å². The SMILES string of the molecule is C=C(C)CC(Cc1cccc(OC)c1)NCCC. The van der Waals surface area contributed by atoms with Gasteiger partial charge in [0, 0.05) is 6.04 Å². The van der Waals surface area contributed by atoms with Crippen LogP contribution in [0.25, 0.3) is 0 Å². The monoisotopic (exact) mass is 247 g/mol. The minimum atomic E-state index is 0.467. The van der Waals surface area contributed by atoms with E-state index in [0.717, 1.165) is 31.6 Å². The first kappa shape index (κ1) is 14.8. The first-order valence-corrected chi connectivity index (χ1v) is 6.66. The van der Waals surface area contributed by atoms with E-state index in [9.17, 15) is 0 Å². The number of nitrogens with one attached hydrogen (secondary N) is 1. The van der Waals surface area contributed by atoms with Gasteiger partial charge in [-0.25, -0.2) is 0 Å². The molecule has 2 heteroatoms. The largest absolute Gasteiger partial charge is 0.497 e. The lowest BCUT2D eigenvalue weighted by Crippen LogP contribution is -2.32. The third-order valence-corrected chi connectivity index (χ3v) is 2.89. The minimum absolute atomic E-state index is 0.467. The van der Waals surface area contributed by atoms with Gasteiger partial charge in [-0.3, -0.25) is 0 Å². The van der Waals surface area contributed by atoms with Crippen LogP contribution in [0.3, 0.4) is 0 Å². The van der Waals surface area contributed by atoms with Gasteiger partial charge in [-0.15, -0.1) is 6.58 Å². The van der Waals surface area contributed by atoms with Gasteiger partial charge in [0.2, 0.25) is 0 Å². The Bertz CT molecular complexity index is 373. The van der Waals surface area contributed by atoms with E-state index < -0.39 is 0 Å².